The number of likely N-dealkylation sites (tertiary alicyclic amines) is 2. The van der Waals surface area contributed by atoms with Crippen molar-refractivity contribution in [2.24, 2.45) is 11.8 Å². The van der Waals surface area contributed by atoms with Crippen molar-refractivity contribution in [3.05, 3.63) is 70.5 Å². The largest absolute Gasteiger partial charge is 0.616 e. The highest BCUT2D eigenvalue weighted by atomic mass is 35.5. The van der Waals surface area contributed by atoms with Gasteiger partial charge in [-0.15, -0.1) is 0 Å². The lowest BCUT2D eigenvalue weighted by atomic mass is 10.0. The number of halogens is 2. The minimum Gasteiger partial charge on any atom is -0.616 e. The summed E-state index contributed by atoms with van der Waals surface area (Å²) in [4.78, 5) is 70.8. The predicted molar refractivity (Wildman–Crippen MR) is 226 cm³/mol. The molecule has 0 spiro atoms. The molecule has 4 amide bonds. The van der Waals surface area contributed by atoms with Gasteiger partial charge in [-0.3, -0.25) is 9.59 Å². The molecule has 6 atom stereocenters. The highest BCUT2D eigenvalue weighted by Gasteiger charge is 2.45. The first-order chi connectivity index (χ1) is 28.1. The Hall–Kier alpha value is -4.77. The second kappa shape index (κ2) is 18.7. The van der Waals surface area contributed by atoms with Crippen LogP contribution in [0, 0.1) is 11.8 Å². The topological polar surface area (TPSA) is 198 Å². The van der Waals surface area contributed by atoms with Crippen LogP contribution in [-0.2, 0) is 30.2 Å². The number of ether oxygens (including phenoxy) is 2. The number of rotatable bonds is 12. The number of carbonyl (C=O) groups is 4. The number of hydrogen-bond acceptors (Lipinski definition) is 9. The van der Waals surface area contributed by atoms with Crippen molar-refractivity contribution in [1.29, 1.82) is 0 Å². The van der Waals surface area contributed by atoms with Gasteiger partial charge >= 0.3 is 12.2 Å². The normalized spacial score (nSPS) is 19.5. The van der Waals surface area contributed by atoms with E-state index >= 15 is 0 Å². The van der Waals surface area contributed by atoms with Gasteiger partial charge in [-0.25, -0.2) is 19.6 Å². The van der Waals surface area contributed by atoms with Crippen molar-refractivity contribution >= 4 is 58.4 Å². The molecule has 316 valence electrons. The third kappa shape index (κ3) is 9.51. The minimum atomic E-state index is -1.20. The van der Waals surface area contributed by atoms with Crippen molar-refractivity contribution in [2.75, 3.05) is 33.6 Å². The second-order valence-corrected chi connectivity index (χ2v) is 17.9. The second-order valence-electron chi connectivity index (χ2n) is 15.5. The number of H-pyrrole nitrogens is 2. The molecule has 2 aliphatic heterocycles. The van der Waals surface area contributed by atoms with Crippen molar-refractivity contribution < 1.29 is 33.2 Å². The highest BCUT2D eigenvalue weighted by Crippen LogP contribution is 2.39. The van der Waals surface area contributed by atoms with Gasteiger partial charge in [0.05, 0.1) is 50.5 Å². The van der Waals surface area contributed by atoms with Crippen molar-refractivity contribution in [3.8, 4) is 33.6 Å². The van der Waals surface area contributed by atoms with Crippen LogP contribution >= 0.6 is 23.2 Å². The zero-order valence-electron chi connectivity index (χ0n) is 34.0. The van der Waals surface area contributed by atoms with Crippen LogP contribution in [0.25, 0.3) is 33.6 Å². The lowest BCUT2D eigenvalue weighted by Gasteiger charge is -2.29. The molecule has 0 radical (unpaired) electrons. The zero-order chi connectivity index (χ0) is 42.7. The molecule has 18 heteroatoms. The number of nitrogens with one attached hydrogen (secondary N) is 4. The summed E-state index contributed by atoms with van der Waals surface area (Å²) < 4.78 is 22.1. The number of aromatic amines is 2. The van der Waals surface area contributed by atoms with E-state index in [-0.39, 0.29) is 46.6 Å². The van der Waals surface area contributed by atoms with Gasteiger partial charge in [-0.1, -0.05) is 111 Å². The van der Waals surface area contributed by atoms with E-state index in [1.165, 1.54) is 14.2 Å². The van der Waals surface area contributed by atoms with Crippen LogP contribution in [0.15, 0.2) is 48.5 Å². The number of amides is 4. The summed E-state index contributed by atoms with van der Waals surface area (Å²) in [5.41, 5.74) is 4.73. The Labute approximate surface area is 356 Å². The molecule has 2 aromatic heterocycles. The Morgan fingerprint density at radius 1 is 0.746 bits per heavy atom. The summed E-state index contributed by atoms with van der Waals surface area (Å²) in [5.74, 6) is 0.151. The fourth-order valence-electron chi connectivity index (χ4n) is 7.71. The first-order valence-electron chi connectivity index (χ1n) is 19.5. The highest BCUT2D eigenvalue weighted by molar-refractivity contribution is 7.91. The van der Waals surface area contributed by atoms with Crippen LogP contribution in [0.5, 0.6) is 0 Å². The van der Waals surface area contributed by atoms with Gasteiger partial charge < -0.3 is 44.4 Å². The van der Waals surface area contributed by atoms with Crippen LogP contribution in [-0.4, -0.2) is 109 Å². The summed E-state index contributed by atoms with van der Waals surface area (Å²) in [6, 6.07) is 13.2. The summed E-state index contributed by atoms with van der Waals surface area (Å²) >= 11 is 12.2. The Bertz CT molecular complexity index is 2140. The fourth-order valence-corrected chi connectivity index (χ4v) is 9.03. The molecule has 15 nitrogen and oxygen atoms in total. The average Bonchev–Trinajstić information content (AvgIpc) is 4.04. The van der Waals surface area contributed by atoms with E-state index in [1.807, 2.05) is 76.2 Å². The van der Waals surface area contributed by atoms with Crippen LogP contribution in [0.3, 0.4) is 0 Å². The molecule has 59 heavy (non-hydrogen) atoms. The standard InChI is InChI=1S/C41H50Cl2N8O7S/c1-21(2)30(46-40(54)57-5)38(52)50-18-8-9-28(50)36-44-32(34(42)48-36)25-14-10-23(11-15-25)24-12-16-26(17-13-24)33-35(43)49-37(45-33)29-19-27(59(7)56)20-51(29)39(53)31(22(3)4)47-41(55)58-6/h10-17,21-22,27-31H,8-9,18-20H2,1-7H3,(H,44,48)(H,45,49)(H,46,54)(H,47,55)/t27-,28-,29-,30+,31-,59?/m0/s1. The fraction of sp³-hybridized carbons (Fsp3) is 0.463. The number of aromatic nitrogens is 4. The van der Waals surface area contributed by atoms with Crippen molar-refractivity contribution in [3.63, 3.8) is 0 Å². The third-order valence-corrected chi connectivity index (χ3v) is 12.8. The van der Waals surface area contributed by atoms with Gasteiger partial charge in [0.15, 0.2) is 10.3 Å². The molecule has 1 unspecified atom stereocenters. The maximum Gasteiger partial charge on any atom is 0.407 e. The van der Waals surface area contributed by atoms with Crippen molar-refractivity contribution in [2.45, 2.75) is 76.4 Å². The number of hydrogen-bond donors (Lipinski definition) is 4. The van der Waals surface area contributed by atoms with E-state index in [9.17, 15) is 23.7 Å². The van der Waals surface area contributed by atoms with Gasteiger partial charge in [0.1, 0.15) is 29.0 Å². The van der Waals surface area contributed by atoms with Crippen LogP contribution < -0.4 is 10.6 Å². The van der Waals surface area contributed by atoms with Gasteiger partial charge in [0.2, 0.25) is 11.8 Å². The molecule has 2 aromatic carbocycles. The smallest absolute Gasteiger partial charge is 0.407 e. The molecule has 2 fully saturated rings. The number of carbonyl (C=O) groups excluding carboxylic acids is 4. The molecule has 0 aliphatic carbocycles. The lowest BCUT2D eigenvalue weighted by Crippen LogP contribution is -2.51. The summed E-state index contributed by atoms with van der Waals surface area (Å²) in [6.07, 6.45) is 2.15. The molecule has 6 rings (SSSR count). The lowest BCUT2D eigenvalue weighted by molar-refractivity contribution is -0.136. The van der Waals surface area contributed by atoms with E-state index in [2.05, 4.69) is 30.6 Å². The number of imidazole rings is 2. The van der Waals surface area contributed by atoms with Gasteiger partial charge in [-0.2, -0.15) is 0 Å². The SMILES string of the molecule is COC(=O)N[C@H](C(=O)N1C[C@@H]([S+](C)[O-])C[C@H]1c1nc(Cl)c(-c2ccc(-c3ccc(-c4[nH]c([C@@H]5CCCN5C(=O)[C@H](NC(=O)OC)C(C)C)nc4Cl)cc3)cc2)[nH]1)C(C)C. The van der Waals surface area contributed by atoms with E-state index in [1.54, 1.807) is 16.1 Å². The van der Waals surface area contributed by atoms with Crippen LogP contribution in [0.4, 0.5) is 9.59 Å². The summed E-state index contributed by atoms with van der Waals surface area (Å²) in [5, 5.41) is 5.55. The number of benzene rings is 2. The molecular weight excluding hydrogens is 819 g/mol. The number of alkyl carbamates (subject to hydrolysis) is 2. The molecule has 2 saturated heterocycles. The predicted octanol–water partition coefficient (Wildman–Crippen LogP) is 6.89. The number of nitrogens with zero attached hydrogens (tertiary/aromatic N) is 4. The average molecular weight is 870 g/mol. The van der Waals surface area contributed by atoms with Crippen molar-refractivity contribution in [1.82, 2.24) is 40.4 Å². The van der Waals surface area contributed by atoms with E-state index in [0.717, 1.165) is 28.7 Å². The molecule has 2 aliphatic rings. The summed E-state index contributed by atoms with van der Waals surface area (Å²) in [6.45, 7) is 8.18. The summed E-state index contributed by atoms with van der Waals surface area (Å²) in [7, 11) is 2.51. The Morgan fingerprint density at radius 2 is 1.17 bits per heavy atom. The maximum absolute atomic E-state index is 13.8. The Kier molecular flexibility index (Phi) is 13.8. The molecular formula is C41H50Cl2N8O7S. The molecule has 0 saturated carbocycles. The zero-order valence-corrected chi connectivity index (χ0v) is 36.3. The third-order valence-electron chi connectivity index (χ3n) is 11.0. The van der Waals surface area contributed by atoms with E-state index < -0.39 is 41.5 Å². The monoisotopic (exact) mass is 868 g/mol. The molecule has 0 bridgehead atoms. The molecule has 4 heterocycles. The van der Waals surface area contributed by atoms with Gasteiger partial charge in [0, 0.05) is 24.1 Å². The van der Waals surface area contributed by atoms with E-state index in [0.29, 0.717) is 47.6 Å². The van der Waals surface area contributed by atoms with Gasteiger partial charge in [0.25, 0.3) is 0 Å². The Balaban J connectivity index is 1.17. The molecule has 4 N–H and O–H groups in total. The first-order valence-corrected chi connectivity index (χ1v) is 21.8. The van der Waals surface area contributed by atoms with E-state index in [4.69, 9.17) is 32.7 Å². The minimum absolute atomic E-state index is 0.150. The van der Waals surface area contributed by atoms with Crippen LogP contribution in [0.2, 0.25) is 10.3 Å². The first kappa shape index (κ1) is 43.8. The van der Waals surface area contributed by atoms with Crippen LogP contribution in [0.1, 0.15) is 70.7 Å². The van der Waals surface area contributed by atoms with Gasteiger partial charge in [-0.05, 0) is 35.8 Å². The maximum atomic E-state index is 13.8. The Morgan fingerprint density at radius 3 is 1.59 bits per heavy atom. The number of methoxy groups -OCH3 is 2. The quantitative estimate of drug-likeness (QED) is 0.110. The molecule has 4 aromatic rings.